The topological polar surface area (TPSA) is 57.7 Å². The summed E-state index contributed by atoms with van der Waals surface area (Å²) in [5.74, 6) is 1.05. The van der Waals surface area contributed by atoms with Gasteiger partial charge in [-0.1, -0.05) is 0 Å². The lowest BCUT2D eigenvalue weighted by Crippen LogP contribution is -2.53. The van der Waals surface area contributed by atoms with Crippen molar-refractivity contribution in [2.75, 3.05) is 18.8 Å². The third-order valence-corrected chi connectivity index (χ3v) is 6.61. The number of piperidine rings is 1. The SMILES string of the molecule is CCS(=O)(=O)N1CC[C@@H]2[C@@H]1CCC(=O)N2CC1CC1. The molecule has 0 aromatic carbocycles. The molecule has 0 N–H and O–H groups in total. The maximum atomic E-state index is 12.1. The van der Waals surface area contributed by atoms with Gasteiger partial charge in [-0.25, -0.2) is 8.42 Å². The van der Waals surface area contributed by atoms with Crippen LogP contribution >= 0.6 is 0 Å². The highest BCUT2D eigenvalue weighted by Gasteiger charge is 2.47. The first kappa shape index (κ1) is 13.4. The van der Waals surface area contributed by atoms with Gasteiger partial charge in [0.2, 0.25) is 15.9 Å². The van der Waals surface area contributed by atoms with Crippen molar-refractivity contribution in [1.29, 1.82) is 0 Å². The number of fused-ring (bicyclic) bond motifs is 1. The second-order valence-corrected chi connectivity index (χ2v) is 8.17. The lowest BCUT2D eigenvalue weighted by Gasteiger charge is -2.39. The Labute approximate surface area is 115 Å². The molecule has 3 rings (SSSR count). The molecule has 3 fully saturated rings. The summed E-state index contributed by atoms with van der Waals surface area (Å²) in [6.45, 7) is 3.12. The van der Waals surface area contributed by atoms with Gasteiger partial charge in [0, 0.05) is 31.6 Å². The molecule has 0 aromatic heterocycles. The Balaban J connectivity index is 1.78. The second kappa shape index (κ2) is 4.74. The summed E-state index contributed by atoms with van der Waals surface area (Å²) < 4.78 is 25.9. The number of sulfonamides is 1. The van der Waals surface area contributed by atoms with Gasteiger partial charge in [0.25, 0.3) is 0 Å². The normalized spacial score (nSPS) is 32.7. The largest absolute Gasteiger partial charge is 0.338 e. The van der Waals surface area contributed by atoms with E-state index in [2.05, 4.69) is 0 Å². The Hall–Kier alpha value is -0.620. The van der Waals surface area contributed by atoms with E-state index in [1.807, 2.05) is 4.90 Å². The second-order valence-electron chi connectivity index (χ2n) is 5.96. The van der Waals surface area contributed by atoms with Crippen LogP contribution in [0.25, 0.3) is 0 Å². The van der Waals surface area contributed by atoms with Crippen molar-refractivity contribution in [3.8, 4) is 0 Å². The number of hydrogen-bond donors (Lipinski definition) is 0. The standard InChI is InChI=1S/C13H22N2O3S/c1-2-19(17,18)15-8-7-11-12(15)5-6-13(16)14(11)9-10-3-4-10/h10-12H,2-9H2,1H3/t11-,12+/m1/s1. The third kappa shape index (κ3) is 2.40. The fourth-order valence-corrected chi connectivity index (χ4v) is 4.81. The van der Waals surface area contributed by atoms with Gasteiger partial charge in [-0.2, -0.15) is 4.31 Å². The van der Waals surface area contributed by atoms with Crippen LogP contribution in [0.3, 0.4) is 0 Å². The van der Waals surface area contributed by atoms with Gasteiger partial charge in [-0.15, -0.1) is 0 Å². The molecule has 1 saturated carbocycles. The number of likely N-dealkylation sites (tertiary alicyclic amines) is 1. The Kier molecular flexibility index (Phi) is 3.33. The molecular formula is C13H22N2O3S. The Morgan fingerprint density at radius 1 is 1.16 bits per heavy atom. The summed E-state index contributed by atoms with van der Waals surface area (Å²) in [4.78, 5) is 14.1. The third-order valence-electron chi connectivity index (χ3n) is 4.71. The molecule has 2 aliphatic heterocycles. The van der Waals surface area contributed by atoms with Gasteiger partial charge >= 0.3 is 0 Å². The van der Waals surface area contributed by atoms with Gasteiger partial charge < -0.3 is 4.90 Å². The van der Waals surface area contributed by atoms with Crippen molar-refractivity contribution >= 4 is 15.9 Å². The minimum absolute atomic E-state index is 0.0291. The van der Waals surface area contributed by atoms with Crippen LogP contribution in [0, 0.1) is 5.92 Å². The van der Waals surface area contributed by atoms with Crippen molar-refractivity contribution in [2.45, 2.75) is 51.1 Å². The zero-order valence-corrected chi connectivity index (χ0v) is 12.2. The minimum Gasteiger partial charge on any atom is -0.338 e. The van der Waals surface area contributed by atoms with E-state index in [4.69, 9.17) is 0 Å². The molecule has 19 heavy (non-hydrogen) atoms. The fraction of sp³-hybridized carbons (Fsp3) is 0.923. The molecule has 2 heterocycles. The van der Waals surface area contributed by atoms with E-state index in [9.17, 15) is 13.2 Å². The number of hydrogen-bond acceptors (Lipinski definition) is 3. The van der Waals surface area contributed by atoms with Crippen molar-refractivity contribution in [3.05, 3.63) is 0 Å². The van der Waals surface area contributed by atoms with Crippen LogP contribution in [-0.2, 0) is 14.8 Å². The average molecular weight is 286 g/mol. The molecule has 0 unspecified atom stereocenters. The molecular weight excluding hydrogens is 264 g/mol. The van der Waals surface area contributed by atoms with Crippen LogP contribution < -0.4 is 0 Å². The monoisotopic (exact) mass is 286 g/mol. The van der Waals surface area contributed by atoms with E-state index in [0.717, 1.165) is 13.0 Å². The predicted molar refractivity (Wildman–Crippen MR) is 72.0 cm³/mol. The van der Waals surface area contributed by atoms with E-state index in [0.29, 0.717) is 25.3 Å². The molecule has 0 aromatic rings. The number of amides is 1. The summed E-state index contributed by atoms with van der Waals surface area (Å²) in [6, 6.07) is 0.157. The fourth-order valence-electron chi connectivity index (χ4n) is 3.44. The Morgan fingerprint density at radius 3 is 2.53 bits per heavy atom. The van der Waals surface area contributed by atoms with Crippen LogP contribution in [0.1, 0.15) is 39.0 Å². The molecule has 0 spiro atoms. The molecule has 1 aliphatic carbocycles. The summed E-state index contributed by atoms with van der Waals surface area (Å²) >= 11 is 0. The molecule has 2 atom stereocenters. The molecule has 0 bridgehead atoms. The summed E-state index contributed by atoms with van der Waals surface area (Å²) in [7, 11) is -3.13. The highest BCUT2D eigenvalue weighted by molar-refractivity contribution is 7.89. The average Bonchev–Trinajstić information content (AvgIpc) is 3.09. The van der Waals surface area contributed by atoms with Crippen molar-refractivity contribution in [2.24, 2.45) is 5.92 Å². The quantitative estimate of drug-likeness (QED) is 0.768. The Bertz CT molecular complexity index is 472. The summed E-state index contributed by atoms with van der Waals surface area (Å²) in [6.07, 6.45) is 4.45. The Morgan fingerprint density at radius 2 is 1.89 bits per heavy atom. The smallest absolute Gasteiger partial charge is 0.222 e. The number of rotatable bonds is 4. The number of carbonyl (C=O) groups excluding carboxylic acids is 1. The highest BCUT2D eigenvalue weighted by atomic mass is 32.2. The van der Waals surface area contributed by atoms with Gasteiger partial charge in [0.05, 0.1) is 5.75 Å². The van der Waals surface area contributed by atoms with E-state index in [1.165, 1.54) is 12.8 Å². The van der Waals surface area contributed by atoms with Gasteiger partial charge in [-0.05, 0) is 38.5 Å². The van der Waals surface area contributed by atoms with E-state index >= 15 is 0 Å². The highest BCUT2D eigenvalue weighted by Crippen LogP contribution is 2.37. The zero-order valence-electron chi connectivity index (χ0n) is 11.4. The molecule has 2 saturated heterocycles. The van der Waals surface area contributed by atoms with Gasteiger partial charge in [0.1, 0.15) is 0 Å². The zero-order chi connectivity index (χ0) is 13.6. The summed E-state index contributed by atoms with van der Waals surface area (Å²) in [5.41, 5.74) is 0. The number of carbonyl (C=O) groups is 1. The van der Waals surface area contributed by atoms with Crippen molar-refractivity contribution in [3.63, 3.8) is 0 Å². The van der Waals surface area contributed by atoms with Crippen LogP contribution in [-0.4, -0.2) is 54.5 Å². The van der Waals surface area contributed by atoms with Crippen molar-refractivity contribution < 1.29 is 13.2 Å². The molecule has 6 heteroatoms. The maximum absolute atomic E-state index is 12.1. The van der Waals surface area contributed by atoms with Gasteiger partial charge in [-0.3, -0.25) is 4.79 Å². The minimum atomic E-state index is -3.13. The molecule has 0 radical (unpaired) electrons. The molecule has 3 aliphatic rings. The lowest BCUT2D eigenvalue weighted by atomic mass is 9.96. The lowest BCUT2D eigenvalue weighted by molar-refractivity contribution is -0.137. The van der Waals surface area contributed by atoms with E-state index in [-0.39, 0.29) is 23.7 Å². The summed E-state index contributed by atoms with van der Waals surface area (Å²) in [5, 5.41) is 0. The van der Waals surface area contributed by atoms with E-state index < -0.39 is 10.0 Å². The van der Waals surface area contributed by atoms with Crippen LogP contribution in [0.4, 0.5) is 0 Å². The van der Waals surface area contributed by atoms with Crippen molar-refractivity contribution in [1.82, 2.24) is 9.21 Å². The molecule has 5 nitrogen and oxygen atoms in total. The first-order chi connectivity index (χ1) is 9.03. The van der Waals surface area contributed by atoms with Crippen LogP contribution in [0.15, 0.2) is 0 Å². The van der Waals surface area contributed by atoms with E-state index in [1.54, 1.807) is 11.2 Å². The first-order valence-corrected chi connectivity index (χ1v) is 8.93. The maximum Gasteiger partial charge on any atom is 0.222 e. The first-order valence-electron chi connectivity index (χ1n) is 7.32. The predicted octanol–water partition coefficient (Wildman–Crippen LogP) is 0.811. The van der Waals surface area contributed by atoms with Crippen LogP contribution in [0.2, 0.25) is 0 Å². The van der Waals surface area contributed by atoms with Crippen LogP contribution in [0.5, 0.6) is 0 Å². The number of nitrogens with zero attached hydrogens (tertiary/aromatic N) is 2. The van der Waals surface area contributed by atoms with Gasteiger partial charge in [0.15, 0.2) is 0 Å². The molecule has 108 valence electrons. The molecule has 1 amide bonds.